The number of hydrazone groups is 1. The van der Waals surface area contributed by atoms with Crippen molar-refractivity contribution in [2.75, 3.05) is 5.43 Å². The number of hydrogen-bond acceptors (Lipinski definition) is 6. The predicted molar refractivity (Wildman–Crippen MR) is 89.8 cm³/mol. The third-order valence-corrected chi connectivity index (χ3v) is 3.69. The van der Waals surface area contributed by atoms with E-state index in [0.29, 0.717) is 5.92 Å². The number of nitro benzene ring substituents is 2. The molecule has 0 radical (unpaired) electrons. The highest BCUT2D eigenvalue weighted by Gasteiger charge is 2.19. The number of hydrogen-bond donors (Lipinski definition) is 1. The van der Waals surface area contributed by atoms with Crippen molar-refractivity contribution >= 4 is 22.8 Å². The second kappa shape index (κ2) is 8.82. The molecule has 0 aliphatic rings. The van der Waals surface area contributed by atoms with Crippen LogP contribution in [0.4, 0.5) is 17.1 Å². The molecule has 23 heavy (non-hydrogen) atoms. The first-order valence-electron chi connectivity index (χ1n) is 7.57. The maximum Gasteiger partial charge on any atom is 0.301 e. The van der Waals surface area contributed by atoms with Gasteiger partial charge in [-0.15, -0.1) is 0 Å². The van der Waals surface area contributed by atoms with Crippen LogP contribution in [-0.2, 0) is 0 Å². The van der Waals surface area contributed by atoms with E-state index in [4.69, 9.17) is 0 Å². The van der Waals surface area contributed by atoms with Crippen molar-refractivity contribution in [3.8, 4) is 0 Å². The van der Waals surface area contributed by atoms with Gasteiger partial charge in [0.2, 0.25) is 0 Å². The van der Waals surface area contributed by atoms with Crippen molar-refractivity contribution < 1.29 is 9.85 Å². The average Bonchev–Trinajstić information content (AvgIpc) is 2.52. The first-order chi connectivity index (χ1) is 10.8. The van der Waals surface area contributed by atoms with Gasteiger partial charge in [0, 0.05) is 11.8 Å². The Balaban J connectivity index is 2.74. The van der Waals surface area contributed by atoms with E-state index in [1.54, 1.807) is 0 Å². The summed E-state index contributed by atoms with van der Waals surface area (Å²) in [5, 5.41) is 25.8. The number of non-ortho nitro benzene ring substituents is 1. The second-order valence-electron chi connectivity index (χ2n) is 5.58. The molecule has 8 heteroatoms. The van der Waals surface area contributed by atoms with E-state index < -0.39 is 9.85 Å². The van der Waals surface area contributed by atoms with Crippen molar-refractivity contribution in [3.05, 3.63) is 38.4 Å². The molecule has 0 aliphatic heterocycles. The molecule has 0 amide bonds. The molecule has 1 aromatic rings. The molecule has 0 saturated heterocycles. The second-order valence-corrected chi connectivity index (χ2v) is 5.58. The van der Waals surface area contributed by atoms with Crippen molar-refractivity contribution in [3.63, 3.8) is 0 Å². The van der Waals surface area contributed by atoms with Gasteiger partial charge in [0.15, 0.2) is 0 Å². The van der Waals surface area contributed by atoms with Crippen LogP contribution in [0.1, 0.15) is 46.5 Å². The minimum Gasteiger partial charge on any atom is -0.272 e. The van der Waals surface area contributed by atoms with E-state index in [1.165, 1.54) is 12.1 Å². The number of benzene rings is 1. The number of nitro groups is 2. The maximum atomic E-state index is 11.0. The lowest BCUT2D eigenvalue weighted by Gasteiger charge is -2.08. The molecule has 0 aromatic heterocycles. The summed E-state index contributed by atoms with van der Waals surface area (Å²) in [4.78, 5) is 20.4. The van der Waals surface area contributed by atoms with E-state index in [1.807, 2.05) is 6.92 Å². The molecule has 0 aliphatic carbocycles. The smallest absolute Gasteiger partial charge is 0.272 e. The summed E-state index contributed by atoms with van der Waals surface area (Å²) < 4.78 is 0. The molecule has 0 saturated carbocycles. The van der Waals surface area contributed by atoms with Gasteiger partial charge in [0.25, 0.3) is 5.69 Å². The Morgan fingerprint density at radius 3 is 2.57 bits per heavy atom. The minimum absolute atomic E-state index is 0.141. The number of anilines is 1. The third-order valence-electron chi connectivity index (χ3n) is 3.69. The zero-order valence-electron chi connectivity index (χ0n) is 13.6. The minimum atomic E-state index is -0.666. The SMILES string of the molecule is CC[C@@H](C)CCC/C(C)=N/Nc1ccc([N+](=O)[O-])cc1[N+](=O)[O-]. The molecule has 1 aromatic carbocycles. The fourth-order valence-electron chi connectivity index (χ4n) is 2.00. The highest BCUT2D eigenvalue weighted by molar-refractivity contribution is 5.83. The van der Waals surface area contributed by atoms with Gasteiger partial charge in [-0.3, -0.25) is 25.7 Å². The van der Waals surface area contributed by atoms with E-state index in [0.717, 1.165) is 37.5 Å². The fraction of sp³-hybridized carbons (Fsp3) is 0.533. The number of nitrogens with one attached hydrogen (secondary N) is 1. The Hall–Kier alpha value is -2.51. The number of rotatable bonds is 9. The Morgan fingerprint density at radius 2 is 2.00 bits per heavy atom. The Morgan fingerprint density at radius 1 is 1.30 bits per heavy atom. The summed E-state index contributed by atoms with van der Waals surface area (Å²) in [6, 6.07) is 3.44. The Bertz CT molecular complexity index is 601. The van der Waals surface area contributed by atoms with Gasteiger partial charge in [-0.2, -0.15) is 5.10 Å². The van der Waals surface area contributed by atoms with Crippen LogP contribution in [0.25, 0.3) is 0 Å². The topological polar surface area (TPSA) is 111 Å². The first-order valence-corrected chi connectivity index (χ1v) is 7.57. The van der Waals surface area contributed by atoms with Crippen LogP contribution in [0.5, 0.6) is 0 Å². The molecular weight excluding hydrogens is 300 g/mol. The largest absolute Gasteiger partial charge is 0.301 e. The molecule has 126 valence electrons. The zero-order valence-corrected chi connectivity index (χ0v) is 13.6. The van der Waals surface area contributed by atoms with E-state index in [-0.39, 0.29) is 17.1 Å². The van der Waals surface area contributed by atoms with Crippen molar-refractivity contribution in [1.29, 1.82) is 0 Å². The summed E-state index contributed by atoms with van der Waals surface area (Å²) >= 11 is 0. The molecular formula is C15H22N4O4. The van der Waals surface area contributed by atoms with Crippen LogP contribution in [0.2, 0.25) is 0 Å². The summed E-state index contributed by atoms with van der Waals surface area (Å²) in [6.45, 7) is 6.20. The quantitative estimate of drug-likeness (QED) is 0.408. The first kappa shape index (κ1) is 18.5. The summed E-state index contributed by atoms with van der Waals surface area (Å²) in [5.74, 6) is 0.673. The molecule has 0 spiro atoms. The van der Waals surface area contributed by atoms with Crippen molar-refractivity contribution in [2.45, 2.75) is 46.5 Å². The lowest BCUT2D eigenvalue weighted by molar-refractivity contribution is -0.393. The van der Waals surface area contributed by atoms with Crippen molar-refractivity contribution in [2.24, 2.45) is 11.0 Å². The fourth-order valence-corrected chi connectivity index (χ4v) is 2.00. The van der Waals surface area contributed by atoms with Crippen LogP contribution >= 0.6 is 0 Å². The Kier molecular flexibility index (Phi) is 7.11. The summed E-state index contributed by atoms with van der Waals surface area (Å²) in [6.07, 6.45) is 4.07. The summed E-state index contributed by atoms with van der Waals surface area (Å²) in [5.41, 5.74) is 2.92. The van der Waals surface area contributed by atoms with Gasteiger partial charge in [-0.05, 0) is 31.7 Å². The van der Waals surface area contributed by atoms with Gasteiger partial charge < -0.3 is 0 Å². The molecule has 0 bridgehead atoms. The summed E-state index contributed by atoms with van der Waals surface area (Å²) in [7, 11) is 0. The molecule has 1 atom stereocenters. The normalized spacial score (nSPS) is 12.7. The number of nitrogens with zero attached hydrogens (tertiary/aromatic N) is 3. The predicted octanol–water partition coefficient (Wildman–Crippen LogP) is 4.51. The Labute approximate surface area is 134 Å². The highest BCUT2D eigenvalue weighted by atomic mass is 16.6. The van der Waals surface area contributed by atoms with Crippen LogP contribution in [0.15, 0.2) is 23.3 Å². The molecule has 1 N–H and O–H groups in total. The standard InChI is InChI=1S/C15H22N4O4/c1-4-11(2)6-5-7-12(3)16-17-14-9-8-13(18(20)21)10-15(14)19(22)23/h8-11,17H,4-7H2,1-3H3/b16-12+/t11-/m1/s1. The molecule has 0 unspecified atom stereocenters. The monoisotopic (exact) mass is 322 g/mol. The van der Waals surface area contributed by atoms with E-state index in [9.17, 15) is 20.2 Å². The van der Waals surface area contributed by atoms with Gasteiger partial charge in [-0.25, -0.2) is 0 Å². The van der Waals surface area contributed by atoms with Gasteiger partial charge in [0.1, 0.15) is 5.69 Å². The lowest BCUT2D eigenvalue weighted by atomic mass is 10.0. The zero-order chi connectivity index (χ0) is 17.4. The van der Waals surface area contributed by atoms with Crippen LogP contribution in [-0.4, -0.2) is 15.6 Å². The van der Waals surface area contributed by atoms with Crippen LogP contribution in [0, 0.1) is 26.1 Å². The van der Waals surface area contributed by atoms with Crippen LogP contribution in [0.3, 0.4) is 0 Å². The molecule has 0 heterocycles. The van der Waals surface area contributed by atoms with Gasteiger partial charge >= 0.3 is 5.69 Å². The molecule has 1 rings (SSSR count). The third kappa shape index (κ3) is 6.01. The van der Waals surface area contributed by atoms with Crippen LogP contribution < -0.4 is 5.43 Å². The average molecular weight is 322 g/mol. The molecule has 0 fully saturated rings. The van der Waals surface area contributed by atoms with Gasteiger partial charge in [-0.1, -0.05) is 26.7 Å². The van der Waals surface area contributed by atoms with Crippen molar-refractivity contribution in [1.82, 2.24) is 0 Å². The lowest BCUT2D eigenvalue weighted by Crippen LogP contribution is -2.02. The highest BCUT2D eigenvalue weighted by Crippen LogP contribution is 2.28. The van der Waals surface area contributed by atoms with E-state index in [2.05, 4.69) is 24.4 Å². The van der Waals surface area contributed by atoms with E-state index >= 15 is 0 Å². The maximum absolute atomic E-state index is 11.0. The van der Waals surface area contributed by atoms with Gasteiger partial charge in [0.05, 0.1) is 15.9 Å². The molecule has 8 nitrogen and oxygen atoms in total.